The Balaban J connectivity index is 2.07. The highest BCUT2D eigenvalue weighted by molar-refractivity contribution is 5.87. The summed E-state index contributed by atoms with van der Waals surface area (Å²) < 4.78 is 5.44. The van der Waals surface area contributed by atoms with Crippen molar-refractivity contribution in [2.75, 3.05) is 19.7 Å². The molecular formula is C16H25N3O3. The molecule has 0 saturated heterocycles. The van der Waals surface area contributed by atoms with Crippen molar-refractivity contribution in [2.45, 2.75) is 26.5 Å². The van der Waals surface area contributed by atoms with Gasteiger partial charge in [-0.15, -0.1) is 0 Å². The molecule has 122 valence electrons. The lowest BCUT2D eigenvalue weighted by molar-refractivity contribution is -0.127. The van der Waals surface area contributed by atoms with E-state index in [2.05, 4.69) is 10.6 Å². The summed E-state index contributed by atoms with van der Waals surface area (Å²) in [7, 11) is 0. The standard InChI is InChI=1S/C16H25N3O3/c1-12(2)15(17)16(21)19-10-14(20)18-8-9-22-11-13-6-4-3-5-7-13/h3-7,12,15H,8-11,17H2,1-2H3,(H,18,20)(H,19,21)/t15-/m0/s1. The number of hydrogen-bond donors (Lipinski definition) is 3. The molecular weight excluding hydrogens is 282 g/mol. The SMILES string of the molecule is CC(C)[C@H](N)C(=O)NCC(=O)NCCOCc1ccccc1. The molecule has 4 N–H and O–H groups in total. The van der Waals surface area contributed by atoms with E-state index in [-0.39, 0.29) is 24.3 Å². The van der Waals surface area contributed by atoms with E-state index in [0.29, 0.717) is 19.8 Å². The number of nitrogens with two attached hydrogens (primary N) is 1. The van der Waals surface area contributed by atoms with E-state index in [1.165, 1.54) is 0 Å². The van der Waals surface area contributed by atoms with Crippen molar-refractivity contribution in [2.24, 2.45) is 11.7 Å². The highest BCUT2D eigenvalue weighted by Crippen LogP contribution is 1.99. The molecule has 0 spiro atoms. The van der Waals surface area contributed by atoms with Crippen molar-refractivity contribution in [3.8, 4) is 0 Å². The third-order valence-corrected chi connectivity index (χ3v) is 3.12. The van der Waals surface area contributed by atoms with E-state index < -0.39 is 6.04 Å². The van der Waals surface area contributed by atoms with Gasteiger partial charge in [-0.1, -0.05) is 44.2 Å². The topological polar surface area (TPSA) is 93.5 Å². The first-order valence-corrected chi connectivity index (χ1v) is 7.42. The highest BCUT2D eigenvalue weighted by Gasteiger charge is 2.17. The smallest absolute Gasteiger partial charge is 0.239 e. The quantitative estimate of drug-likeness (QED) is 0.576. The zero-order chi connectivity index (χ0) is 16.4. The maximum absolute atomic E-state index is 11.6. The average Bonchev–Trinajstić information content (AvgIpc) is 2.52. The van der Waals surface area contributed by atoms with E-state index in [9.17, 15) is 9.59 Å². The fourth-order valence-electron chi connectivity index (χ4n) is 1.68. The van der Waals surface area contributed by atoms with Crippen LogP contribution in [0, 0.1) is 5.92 Å². The first kappa shape index (κ1) is 18.1. The normalized spacial score (nSPS) is 12.0. The molecule has 0 saturated carbocycles. The Hall–Kier alpha value is -1.92. The summed E-state index contributed by atoms with van der Waals surface area (Å²) in [5.41, 5.74) is 6.76. The molecule has 1 aromatic carbocycles. The molecule has 2 amide bonds. The molecule has 1 aromatic rings. The molecule has 0 aromatic heterocycles. The van der Waals surface area contributed by atoms with E-state index in [1.807, 2.05) is 44.2 Å². The molecule has 1 atom stereocenters. The van der Waals surface area contributed by atoms with Crippen LogP contribution in [-0.2, 0) is 20.9 Å². The summed E-state index contributed by atoms with van der Waals surface area (Å²) in [6.45, 7) is 4.97. The summed E-state index contributed by atoms with van der Waals surface area (Å²) in [6.07, 6.45) is 0. The monoisotopic (exact) mass is 307 g/mol. The van der Waals surface area contributed by atoms with E-state index in [0.717, 1.165) is 5.56 Å². The maximum atomic E-state index is 11.6. The molecule has 0 aliphatic heterocycles. The Morgan fingerprint density at radius 2 is 1.86 bits per heavy atom. The van der Waals surface area contributed by atoms with Crippen LogP contribution < -0.4 is 16.4 Å². The van der Waals surface area contributed by atoms with Crippen LogP contribution >= 0.6 is 0 Å². The lowest BCUT2D eigenvalue weighted by Crippen LogP contribution is -2.47. The zero-order valence-electron chi connectivity index (χ0n) is 13.2. The Bertz CT molecular complexity index is 463. The van der Waals surface area contributed by atoms with Crippen LogP contribution in [0.5, 0.6) is 0 Å². The van der Waals surface area contributed by atoms with Crippen LogP contribution in [0.15, 0.2) is 30.3 Å². The summed E-state index contributed by atoms with van der Waals surface area (Å²) in [6, 6.07) is 9.21. The van der Waals surface area contributed by atoms with Gasteiger partial charge in [0.1, 0.15) is 0 Å². The Morgan fingerprint density at radius 1 is 1.18 bits per heavy atom. The molecule has 6 nitrogen and oxygen atoms in total. The van der Waals surface area contributed by atoms with Crippen LogP contribution in [-0.4, -0.2) is 37.6 Å². The van der Waals surface area contributed by atoms with Crippen molar-refractivity contribution in [1.82, 2.24) is 10.6 Å². The van der Waals surface area contributed by atoms with Crippen LogP contribution in [0.1, 0.15) is 19.4 Å². The summed E-state index contributed by atoms with van der Waals surface area (Å²) in [4.78, 5) is 23.1. The number of carbonyl (C=O) groups is 2. The largest absolute Gasteiger partial charge is 0.375 e. The molecule has 0 fully saturated rings. The summed E-state index contributed by atoms with van der Waals surface area (Å²) >= 11 is 0. The summed E-state index contributed by atoms with van der Waals surface area (Å²) in [5.74, 6) is -0.535. The minimum Gasteiger partial charge on any atom is -0.375 e. The summed E-state index contributed by atoms with van der Waals surface area (Å²) in [5, 5.41) is 5.19. The van der Waals surface area contributed by atoms with Gasteiger partial charge in [0.05, 0.1) is 25.8 Å². The number of amides is 2. The predicted octanol–water partition coefficient (Wildman–Crippen LogP) is 0.419. The lowest BCUT2D eigenvalue weighted by Gasteiger charge is -2.15. The molecule has 22 heavy (non-hydrogen) atoms. The lowest BCUT2D eigenvalue weighted by atomic mass is 10.1. The van der Waals surface area contributed by atoms with Crippen LogP contribution in [0.4, 0.5) is 0 Å². The molecule has 0 aliphatic rings. The fourth-order valence-corrected chi connectivity index (χ4v) is 1.68. The number of nitrogens with one attached hydrogen (secondary N) is 2. The van der Waals surface area contributed by atoms with Gasteiger partial charge in [0.25, 0.3) is 0 Å². The minimum atomic E-state index is -0.595. The van der Waals surface area contributed by atoms with Gasteiger partial charge in [-0.2, -0.15) is 0 Å². The van der Waals surface area contributed by atoms with Gasteiger partial charge in [0.15, 0.2) is 0 Å². The van der Waals surface area contributed by atoms with E-state index in [1.54, 1.807) is 0 Å². The second-order valence-corrected chi connectivity index (χ2v) is 5.38. The van der Waals surface area contributed by atoms with Crippen molar-refractivity contribution in [3.63, 3.8) is 0 Å². The van der Waals surface area contributed by atoms with Gasteiger partial charge in [-0.05, 0) is 11.5 Å². The predicted molar refractivity (Wildman–Crippen MR) is 84.9 cm³/mol. The van der Waals surface area contributed by atoms with Crippen molar-refractivity contribution in [3.05, 3.63) is 35.9 Å². The highest BCUT2D eigenvalue weighted by atomic mass is 16.5. The second-order valence-electron chi connectivity index (χ2n) is 5.38. The van der Waals surface area contributed by atoms with Crippen LogP contribution in [0.25, 0.3) is 0 Å². The number of benzene rings is 1. The van der Waals surface area contributed by atoms with Crippen molar-refractivity contribution in [1.29, 1.82) is 0 Å². The molecule has 0 radical (unpaired) electrons. The fraction of sp³-hybridized carbons (Fsp3) is 0.500. The molecule has 0 unspecified atom stereocenters. The van der Waals surface area contributed by atoms with Crippen LogP contribution in [0.2, 0.25) is 0 Å². The number of ether oxygens (including phenoxy) is 1. The number of hydrogen-bond acceptors (Lipinski definition) is 4. The van der Waals surface area contributed by atoms with Gasteiger partial charge < -0.3 is 21.1 Å². The first-order chi connectivity index (χ1) is 10.5. The third kappa shape index (κ3) is 7.19. The first-order valence-electron chi connectivity index (χ1n) is 7.42. The zero-order valence-corrected chi connectivity index (χ0v) is 13.2. The molecule has 0 bridgehead atoms. The maximum Gasteiger partial charge on any atom is 0.239 e. The Labute approximate surface area is 131 Å². The van der Waals surface area contributed by atoms with Crippen molar-refractivity contribution >= 4 is 11.8 Å². The molecule has 0 aliphatic carbocycles. The van der Waals surface area contributed by atoms with E-state index >= 15 is 0 Å². The number of carbonyl (C=O) groups excluding carboxylic acids is 2. The van der Waals surface area contributed by atoms with Gasteiger partial charge >= 0.3 is 0 Å². The molecule has 0 heterocycles. The third-order valence-electron chi connectivity index (χ3n) is 3.12. The molecule has 6 heteroatoms. The second kappa shape index (κ2) is 9.92. The number of rotatable bonds is 9. The van der Waals surface area contributed by atoms with Crippen molar-refractivity contribution < 1.29 is 14.3 Å². The minimum absolute atomic E-state index is 0.0365. The van der Waals surface area contributed by atoms with Gasteiger partial charge in [-0.25, -0.2) is 0 Å². The Kier molecular flexibility index (Phi) is 8.17. The average molecular weight is 307 g/mol. The van der Waals surface area contributed by atoms with Gasteiger partial charge in [0, 0.05) is 6.54 Å². The van der Waals surface area contributed by atoms with E-state index in [4.69, 9.17) is 10.5 Å². The van der Waals surface area contributed by atoms with Gasteiger partial charge in [-0.3, -0.25) is 9.59 Å². The molecule has 1 rings (SSSR count). The van der Waals surface area contributed by atoms with Gasteiger partial charge in [0.2, 0.25) is 11.8 Å². The van der Waals surface area contributed by atoms with Crippen LogP contribution in [0.3, 0.4) is 0 Å². The Morgan fingerprint density at radius 3 is 2.50 bits per heavy atom.